The Balaban J connectivity index is 2.99. The standard InChI is InChI=1S/C17H26F2N2O4S/c1-16(2,3)25-14(22)9-12(21-26(23)17(4,5)6)11-7-8-13(20-10-11)24-15(18)19/h7-8,10,12,15,21H,9H2,1-6H3/t12-,26+/m0/s1. The average Bonchev–Trinajstić information content (AvgIpc) is 2.43. The number of nitrogens with zero attached hydrogens (tertiary/aromatic N) is 1. The van der Waals surface area contributed by atoms with E-state index in [1.165, 1.54) is 18.3 Å². The van der Waals surface area contributed by atoms with Gasteiger partial charge in [0, 0.05) is 12.3 Å². The van der Waals surface area contributed by atoms with Crippen LogP contribution in [-0.4, -0.2) is 32.1 Å². The zero-order valence-corrected chi connectivity index (χ0v) is 16.7. The first-order chi connectivity index (χ1) is 11.8. The summed E-state index contributed by atoms with van der Waals surface area (Å²) in [5.74, 6) is -0.717. The second-order valence-corrected chi connectivity index (χ2v) is 9.65. The van der Waals surface area contributed by atoms with Crippen molar-refractivity contribution in [3.8, 4) is 5.88 Å². The van der Waals surface area contributed by atoms with Gasteiger partial charge in [-0.25, -0.2) is 13.9 Å². The van der Waals surface area contributed by atoms with Gasteiger partial charge < -0.3 is 9.47 Å². The van der Waals surface area contributed by atoms with Crippen LogP contribution in [0.1, 0.15) is 59.6 Å². The molecule has 26 heavy (non-hydrogen) atoms. The lowest BCUT2D eigenvalue weighted by Crippen LogP contribution is -2.37. The first-order valence-electron chi connectivity index (χ1n) is 8.08. The number of hydrogen-bond acceptors (Lipinski definition) is 5. The zero-order chi connectivity index (χ0) is 20.1. The van der Waals surface area contributed by atoms with E-state index in [0.717, 1.165) is 0 Å². The molecular formula is C17H26F2N2O4S. The van der Waals surface area contributed by atoms with Gasteiger partial charge in [0.15, 0.2) is 0 Å². The summed E-state index contributed by atoms with van der Waals surface area (Å²) in [6.45, 7) is 7.64. The predicted molar refractivity (Wildman–Crippen MR) is 95.1 cm³/mol. The largest absolute Gasteiger partial charge is 0.460 e. The number of rotatable bonds is 7. The number of halogens is 2. The fourth-order valence-electron chi connectivity index (χ4n) is 1.84. The first-order valence-corrected chi connectivity index (χ1v) is 9.23. The maximum atomic E-state index is 12.4. The zero-order valence-electron chi connectivity index (χ0n) is 15.8. The molecule has 0 amide bonds. The molecule has 2 atom stereocenters. The van der Waals surface area contributed by atoms with Gasteiger partial charge in [0.2, 0.25) is 5.88 Å². The van der Waals surface area contributed by atoms with Crippen LogP contribution in [0.3, 0.4) is 0 Å². The SMILES string of the molecule is CC(C)(C)OC(=O)C[C@H](N[S@](=O)C(C)(C)C)c1ccc(OC(F)F)nc1. The maximum Gasteiger partial charge on any atom is 0.388 e. The highest BCUT2D eigenvalue weighted by Gasteiger charge is 2.27. The monoisotopic (exact) mass is 392 g/mol. The summed E-state index contributed by atoms with van der Waals surface area (Å²) < 4.78 is 48.8. The summed E-state index contributed by atoms with van der Waals surface area (Å²) in [5, 5.41) is 0. The van der Waals surface area contributed by atoms with E-state index in [0.29, 0.717) is 5.56 Å². The van der Waals surface area contributed by atoms with Crippen LogP contribution in [0.4, 0.5) is 8.78 Å². The number of carbonyl (C=O) groups is 1. The van der Waals surface area contributed by atoms with Gasteiger partial charge in [0.05, 0.1) is 28.2 Å². The third kappa shape index (κ3) is 8.18. The third-order valence-electron chi connectivity index (χ3n) is 2.97. The van der Waals surface area contributed by atoms with Crippen molar-refractivity contribution in [2.75, 3.05) is 0 Å². The average molecular weight is 392 g/mol. The van der Waals surface area contributed by atoms with Crippen molar-refractivity contribution in [3.05, 3.63) is 23.9 Å². The van der Waals surface area contributed by atoms with Crippen molar-refractivity contribution >= 4 is 17.0 Å². The lowest BCUT2D eigenvalue weighted by atomic mass is 10.1. The molecule has 0 aliphatic heterocycles. The third-order valence-corrected chi connectivity index (χ3v) is 4.58. The van der Waals surface area contributed by atoms with Gasteiger partial charge in [-0.05, 0) is 47.1 Å². The van der Waals surface area contributed by atoms with Crippen LogP contribution in [0.5, 0.6) is 5.88 Å². The van der Waals surface area contributed by atoms with Gasteiger partial charge in [-0.3, -0.25) is 4.79 Å². The van der Waals surface area contributed by atoms with Crippen LogP contribution < -0.4 is 9.46 Å². The highest BCUT2D eigenvalue weighted by molar-refractivity contribution is 7.84. The van der Waals surface area contributed by atoms with Crippen LogP contribution >= 0.6 is 0 Å². The minimum Gasteiger partial charge on any atom is -0.460 e. The summed E-state index contributed by atoms with van der Waals surface area (Å²) in [6, 6.07) is 2.11. The molecule has 148 valence electrons. The number of carbonyl (C=O) groups excluding carboxylic acids is 1. The van der Waals surface area contributed by atoms with E-state index < -0.39 is 40.0 Å². The molecule has 6 nitrogen and oxygen atoms in total. The highest BCUT2D eigenvalue weighted by atomic mass is 32.2. The lowest BCUT2D eigenvalue weighted by Gasteiger charge is -2.26. The van der Waals surface area contributed by atoms with E-state index in [2.05, 4.69) is 14.4 Å². The van der Waals surface area contributed by atoms with E-state index in [-0.39, 0.29) is 12.3 Å². The second-order valence-electron chi connectivity index (χ2n) is 7.65. The van der Waals surface area contributed by atoms with E-state index in [1.54, 1.807) is 41.5 Å². The number of nitrogens with one attached hydrogen (secondary N) is 1. The fraction of sp³-hybridized carbons (Fsp3) is 0.647. The highest BCUT2D eigenvalue weighted by Crippen LogP contribution is 2.23. The van der Waals surface area contributed by atoms with Gasteiger partial charge in [0.25, 0.3) is 0 Å². The number of ether oxygens (including phenoxy) is 2. The Kier molecular flexibility index (Phi) is 7.64. The topological polar surface area (TPSA) is 77.5 Å². The van der Waals surface area contributed by atoms with Gasteiger partial charge >= 0.3 is 12.6 Å². The Morgan fingerprint density at radius 3 is 2.27 bits per heavy atom. The summed E-state index contributed by atoms with van der Waals surface area (Å²) in [6.07, 6.45) is 1.22. The number of hydrogen-bond donors (Lipinski definition) is 1. The predicted octanol–water partition coefficient (Wildman–Crippen LogP) is 3.51. The molecule has 0 spiro atoms. The lowest BCUT2D eigenvalue weighted by molar-refractivity contribution is -0.155. The van der Waals surface area contributed by atoms with Crippen LogP contribution in [0.25, 0.3) is 0 Å². The molecule has 0 radical (unpaired) electrons. The smallest absolute Gasteiger partial charge is 0.388 e. The minimum absolute atomic E-state index is 0.0875. The summed E-state index contributed by atoms with van der Waals surface area (Å²) in [4.78, 5) is 16.0. The molecule has 1 N–H and O–H groups in total. The van der Waals surface area contributed by atoms with Crippen LogP contribution in [0.2, 0.25) is 0 Å². The Bertz CT molecular complexity index is 625. The van der Waals surface area contributed by atoms with Gasteiger partial charge in [-0.1, -0.05) is 6.07 Å². The summed E-state index contributed by atoms with van der Waals surface area (Å²) in [5.41, 5.74) is -0.145. The van der Waals surface area contributed by atoms with Crippen molar-refractivity contribution in [3.63, 3.8) is 0 Å². The Morgan fingerprint density at radius 1 is 1.23 bits per heavy atom. The Morgan fingerprint density at radius 2 is 1.85 bits per heavy atom. The molecule has 0 aliphatic rings. The molecule has 1 aromatic rings. The van der Waals surface area contributed by atoms with Gasteiger partial charge in [-0.2, -0.15) is 8.78 Å². The molecule has 1 aromatic heterocycles. The van der Waals surface area contributed by atoms with E-state index in [9.17, 15) is 17.8 Å². The number of esters is 1. The molecule has 0 aliphatic carbocycles. The molecule has 9 heteroatoms. The summed E-state index contributed by atoms with van der Waals surface area (Å²) in [7, 11) is -1.46. The van der Waals surface area contributed by atoms with Crippen molar-refractivity contribution < 1.29 is 27.3 Å². The molecule has 0 saturated carbocycles. The van der Waals surface area contributed by atoms with Crippen LogP contribution in [0.15, 0.2) is 18.3 Å². The first kappa shape index (κ1) is 22.4. The minimum atomic E-state index is -2.97. The van der Waals surface area contributed by atoms with Crippen molar-refractivity contribution in [1.82, 2.24) is 9.71 Å². The maximum absolute atomic E-state index is 12.4. The number of aromatic nitrogens is 1. The van der Waals surface area contributed by atoms with Gasteiger partial charge in [0.1, 0.15) is 5.60 Å². The van der Waals surface area contributed by atoms with Crippen LogP contribution in [0, 0.1) is 0 Å². The molecular weight excluding hydrogens is 366 g/mol. The quantitative estimate of drug-likeness (QED) is 0.719. The van der Waals surface area contributed by atoms with Crippen molar-refractivity contribution in [2.45, 2.75) is 71.0 Å². The second kappa shape index (κ2) is 8.85. The van der Waals surface area contributed by atoms with E-state index in [4.69, 9.17) is 4.74 Å². The molecule has 0 unspecified atom stereocenters. The molecule has 0 bridgehead atoms. The molecule has 1 rings (SSSR count). The molecule has 0 fully saturated rings. The Hall–Kier alpha value is -1.61. The van der Waals surface area contributed by atoms with Gasteiger partial charge in [-0.15, -0.1) is 0 Å². The number of pyridine rings is 1. The molecule has 1 heterocycles. The van der Waals surface area contributed by atoms with Crippen molar-refractivity contribution in [1.29, 1.82) is 0 Å². The van der Waals surface area contributed by atoms with E-state index in [1.807, 2.05) is 0 Å². The molecule has 0 aromatic carbocycles. The molecule has 0 saturated heterocycles. The fourth-order valence-corrected chi connectivity index (χ4v) is 2.67. The van der Waals surface area contributed by atoms with Crippen molar-refractivity contribution in [2.24, 2.45) is 0 Å². The van der Waals surface area contributed by atoms with E-state index >= 15 is 0 Å². The normalized spacial score (nSPS) is 14.8. The van der Waals surface area contributed by atoms with Crippen LogP contribution in [-0.2, 0) is 20.5 Å². The summed E-state index contributed by atoms with van der Waals surface area (Å²) >= 11 is 0. The number of alkyl halides is 2. The Labute approximate surface area is 155 Å².